The van der Waals surface area contributed by atoms with E-state index in [0.717, 1.165) is 34.6 Å². The number of rotatable bonds is 2. The van der Waals surface area contributed by atoms with Crippen LogP contribution in [-0.4, -0.2) is 19.2 Å². The lowest BCUT2D eigenvalue weighted by molar-refractivity contribution is -0.137. The molecule has 0 N–H and O–H groups in total. The van der Waals surface area contributed by atoms with Crippen molar-refractivity contribution in [2.45, 2.75) is 13.1 Å². The number of aromatic nitrogens is 1. The highest BCUT2D eigenvalue weighted by Gasteiger charge is 2.30. The molecule has 0 aliphatic carbocycles. The maximum atomic E-state index is 12.7. The average Bonchev–Trinajstić information content (AvgIpc) is 2.67. The molecule has 0 saturated heterocycles. The van der Waals surface area contributed by atoms with Gasteiger partial charge in [-0.3, -0.25) is 4.57 Å². The summed E-state index contributed by atoms with van der Waals surface area (Å²) in [4.78, 5) is 0.837. The molecule has 0 radical (unpaired) electrons. The predicted molar refractivity (Wildman–Crippen MR) is 73.8 cm³/mol. The van der Waals surface area contributed by atoms with Crippen molar-refractivity contribution in [3.63, 3.8) is 0 Å². The second-order valence-corrected chi connectivity index (χ2v) is 7.23. The predicted octanol–water partition coefficient (Wildman–Crippen LogP) is 2.73. The Hall–Kier alpha value is -1.61. The number of sulfonamides is 1. The summed E-state index contributed by atoms with van der Waals surface area (Å²) in [6.07, 6.45) is -1.99. The van der Waals surface area contributed by atoms with Gasteiger partial charge in [-0.25, -0.2) is 8.42 Å². The van der Waals surface area contributed by atoms with E-state index < -0.39 is 21.8 Å². The molecule has 2 aromatic rings. The topological polar surface area (TPSA) is 51.4 Å². The van der Waals surface area contributed by atoms with Crippen molar-refractivity contribution < 1.29 is 21.6 Å². The van der Waals surface area contributed by atoms with Gasteiger partial charge < -0.3 is 0 Å². The normalized spacial score (nSPS) is 13.7. The lowest BCUT2D eigenvalue weighted by Crippen LogP contribution is -2.15. The van der Waals surface area contributed by atoms with Crippen molar-refractivity contribution in [1.29, 1.82) is 0 Å². The molecule has 21 heavy (non-hydrogen) atoms. The molecule has 1 heterocycles. The molecular formula is C12H11F3N2O2S2. The van der Waals surface area contributed by atoms with Crippen LogP contribution < -0.4 is 4.80 Å². The van der Waals surface area contributed by atoms with E-state index in [9.17, 15) is 21.6 Å². The van der Waals surface area contributed by atoms with Crippen molar-refractivity contribution in [3.05, 3.63) is 45.7 Å². The van der Waals surface area contributed by atoms with Crippen molar-refractivity contribution in [2.75, 3.05) is 6.26 Å². The van der Waals surface area contributed by atoms with Gasteiger partial charge in [0.2, 0.25) is 4.80 Å². The van der Waals surface area contributed by atoms with Crippen LogP contribution in [0.1, 0.15) is 10.4 Å². The van der Waals surface area contributed by atoms with Crippen LogP contribution >= 0.6 is 11.3 Å². The third-order valence-electron chi connectivity index (χ3n) is 2.46. The summed E-state index contributed by atoms with van der Waals surface area (Å²) in [5, 5.41) is 0. The van der Waals surface area contributed by atoms with Crippen LogP contribution in [0.5, 0.6) is 0 Å². The molecule has 1 aromatic carbocycles. The van der Waals surface area contributed by atoms with Crippen LogP contribution in [0, 0.1) is 6.92 Å². The van der Waals surface area contributed by atoms with Gasteiger partial charge in [0.05, 0.1) is 11.8 Å². The molecular weight excluding hydrogens is 325 g/mol. The van der Waals surface area contributed by atoms with Crippen molar-refractivity contribution in [2.24, 2.45) is 4.40 Å². The summed E-state index contributed by atoms with van der Waals surface area (Å²) in [6.45, 7) is 1.72. The van der Waals surface area contributed by atoms with Gasteiger partial charge >= 0.3 is 6.18 Å². The number of hydrogen-bond acceptors (Lipinski definition) is 3. The lowest BCUT2D eigenvalue weighted by atomic mass is 10.2. The third-order valence-corrected chi connectivity index (χ3v) is 3.98. The Morgan fingerprint density at radius 2 is 1.95 bits per heavy atom. The van der Waals surface area contributed by atoms with Gasteiger partial charge in [0.15, 0.2) is 0 Å². The van der Waals surface area contributed by atoms with Crippen molar-refractivity contribution in [1.82, 2.24) is 4.57 Å². The second-order valence-electron chi connectivity index (χ2n) is 4.37. The van der Waals surface area contributed by atoms with Gasteiger partial charge in [0.1, 0.15) is 0 Å². The highest BCUT2D eigenvalue weighted by molar-refractivity contribution is 7.89. The smallest absolute Gasteiger partial charge is 0.292 e. The summed E-state index contributed by atoms with van der Waals surface area (Å²) in [5.41, 5.74) is -0.599. The zero-order chi connectivity index (χ0) is 15.8. The summed E-state index contributed by atoms with van der Waals surface area (Å²) < 4.78 is 65.6. The van der Waals surface area contributed by atoms with Crippen LogP contribution in [-0.2, 0) is 16.2 Å². The first-order valence-corrected chi connectivity index (χ1v) is 8.35. The number of nitrogens with zero attached hydrogens (tertiary/aromatic N) is 2. The van der Waals surface area contributed by atoms with E-state index in [-0.39, 0.29) is 10.5 Å². The molecule has 0 bridgehead atoms. The fourth-order valence-corrected chi connectivity index (χ4v) is 3.31. The molecule has 114 valence electrons. The maximum absolute atomic E-state index is 12.7. The van der Waals surface area contributed by atoms with E-state index in [0.29, 0.717) is 0 Å². The van der Waals surface area contributed by atoms with E-state index in [1.807, 2.05) is 0 Å². The molecule has 0 aliphatic heterocycles. The minimum absolute atomic E-state index is 0.106. The fraction of sp³-hybridized carbons (Fsp3) is 0.250. The second kappa shape index (κ2) is 5.30. The van der Waals surface area contributed by atoms with E-state index in [2.05, 4.69) is 4.40 Å². The largest absolute Gasteiger partial charge is 0.416 e. The monoisotopic (exact) mass is 336 g/mol. The van der Waals surface area contributed by atoms with Crippen LogP contribution in [0.15, 0.2) is 34.9 Å². The lowest BCUT2D eigenvalue weighted by Gasteiger charge is -2.09. The molecule has 0 spiro atoms. The Bertz CT molecular complexity index is 833. The van der Waals surface area contributed by atoms with E-state index in [1.54, 1.807) is 13.1 Å². The summed E-state index contributed by atoms with van der Waals surface area (Å²) >= 11 is 1.09. The molecule has 0 atom stereocenters. The molecule has 0 fully saturated rings. The first kappa shape index (κ1) is 15.8. The van der Waals surface area contributed by atoms with E-state index in [4.69, 9.17) is 0 Å². The standard InChI is InChI=1S/C12H11F3N2O2S2/c1-8-7-17(11(20-8)16-21(2,18)19)10-5-3-4-9(6-10)12(13,14)15/h3-7H,1-2H3/b16-11+. The number of hydrogen-bond donors (Lipinski definition) is 0. The number of benzene rings is 1. The Morgan fingerprint density at radius 3 is 2.52 bits per heavy atom. The van der Waals surface area contributed by atoms with E-state index in [1.165, 1.54) is 16.7 Å². The highest BCUT2D eigenvalue weighted by atomic mass is 32.2. The van der Waals surface area contributed by atoms with Gasteiger partial charge in [-0.05, 0) is 25.1 Å². The molecule has 0 saturated carbocycles. The minimum atomic E-state index is -4.46. The first-order chi connectivity index (χ1) is 9.56. The van der Waals surface area contributed by atoms with Gasteiger partial charge in [-0.1, -0.05) is 6.07 Å². The van der Waals surface area contributed by atoms with Crippen LogP contribution in [0.2, 0.25) is 0 Å². The Kier molecular flexibility index (Phi) is 3.98. The Balaban J connectivity index is 2.67. The van der Waals surface area contributed by atoms with Crippen molar-refractivity contribution >= 4 is 21.4 Å². The van der Waals surface area contributed by atoms with Gasteiger partial charge in [0, 0.05) is 16.8 Å². The summed E-state index contributed by atoms with van der Waals surface area (Å²) in [5.74, 6) is 0. The number of thiazole rings is 1. The SMILES string of the molecule is Cc1cn(-c2cccc(C(F)(F)F)c2)/c(=N\S(C)(=O)=O)s1. The van der Waals surface area contributed by atoms with Crippen LogP contribution in [0.4, 0.5) is 13.2 Å². The zero-order valence-electron chi connectivity index (χ0n) is 11.0. The molecule has 2 rings (SSSR count). The molecule has 1 aromatic heterocycles. The van der Waals surface area contributed by atoms with Gasteiger partial charge in [-0.15, -0.1) is 15.7 Å². The Labute approximate surface area is 123 Å². The molecule has 0 unspecified atom stereocenters. The number of aryl methyl sites for hydroxylation is 1. The molecule has 0 amide bonds. The zero-order valence-corrected chi connectivity index (χ0v) is 12.7. The van der Waals surface area contributed by atoms with Gasteiger partial charge in [-0.2, -0.15) is 13.2 Å². The number of halogens is 3. The van der Waals surface area contributed by atoms with Crippen LogP contribution in [0.25, 0.3) is 5.69 Å². The average molecular weight is 336 g/mol. The maximum Gasteiger partial charge on any atom is 0.416 e. The molecule has 0 aliphatic rings. The quantitative estimate of drug-likeness (QED) is 0.847. The van der Waals surface area contributed by atoms with E-state index >= 15 is 0 Å². The third kappa shape index (κ3) is 3.94. The fourth-order valence-electron chi connectivity index (χ4n) is 1.68. The van der Waals surface area contributed by atoms with Crippen molar-refractivity contribution in [3.8, 4) is 5.69 Å². The Morgan fingerprint density at radius 1 is 1.29 bits per heavy atom. The minimum Gasteiger partial charge on any atom is -0.292 e. The van der Waals surface area contributed by atoms with Gasteiger partial charge in [0.25, 0.3) is 10.0 Å². The summed E-state index contributed by atoms with van der Waals surface area (Å²) in [7, 11) is -3.64. The number of alkyl halides is 3. The van der Waals surface area contributed by atoms with Crippen LogP contribution in [0.3, 0.4) is 0 Å². The highest BCUT2D eigenvalue weighted by Crippen LogP contribution is 2.30. The molecule has 4 nitrogen and oxygen atoms in total. The first-order valence-electron chi connectivity index (χ1n) is 5.69. The summed E-state index contributed by atoms with van der Waals surface area (Å²) in [6, 6.07) is 4.63. The molecule has 9 heteroatoms.